The quantitative estimate of drug-likeness (QED) is 0.475. The molecule has 28 heavy (non-hydrogen) atoms. The molecule has 0 saturated heterocycles. The maximum atomic E-state index is 13.3. The Morgan fingerprint density at radius 2 is 1.82 bits per heavy atom. The average molecular weight is 384 g/mol. The van der Waals surface area contributed by atoms with Crippen LogP contribution in [0.25, 0.3) is 0 Å². The predicted molar refractivity (Wildman–Crippen MR) is 113 cm³/mol. The van der Waals surface area contributed by atoms with Crippen LogP contribution in [0.15, 0.2) is 53.5 Å². The number of hydrogen-bond donors (Lipinski definition) is 3. The van der Waals surface area contributed by atoms with Crippen LogP contribution in [-0.2, 0) is 17.9 Å². The zero-order valence-corrected chi connectivity index (χ0v) is 16.8. The summed E-state index contributed by atoms with van der Waals surface area (Å²) in [5.74, 6) is 0.731. The Morgan fingerprint density at radius 3 is 2.54 bits per heavy atom. The molecule has 6 heteroatoms. The van der Waals surface area contributed by atoms with E-state index in [9.17, 15) is 9.18 Å². The molecule has 3 N–H and O–H groups in total. The summed E-state index contributed by atoms with van der Waals surface area (Å²) in [7, 11) is 0. The smallest absolute Gasteiger partial charge is 0.224 e. The number of halogens is 1. The highest BCUT2D eigenvalue weighted by atomic mass is 19.1. The van der Waals surface area contributed by atoms with Crippen LogP contribution in [0.4, 0.5) is 10.1 Å². The maximum absolute atomic E-state index is 13.3. The zero-order chi connectivity index (χ0) is 20.4. The Balaban J connectivity index is 1.96. The van der Waals surface area contributed by atoms with Crippen LogP contribution in [-0.4, -0.2) is 18.4 Å². The van der Waals surface area contributed by atoms with E-state index in [0.29, 0.717) is 31.4 Å². The van der Waals surface area contributed by atoms with Crippen molar-refractivity contribution < 1.29 is 9.18 Å². The molecule has 0 aliphatic carbocycles. The van der Waals surface area contributed by atoms with Crippen LogP contribution in [0.1, 0.15) is 38.3 Å². The molecule has 0 aliphatic heterocycles. The molecular formula is C22H29FN4O. The first-order chi connectivity index (χ1) is 13.5. The lowest BCUT2D eigenvalue weighted by Crippen LogP contribution is -2.36. The van der Waals surface area contributed by atoms with Gasteiger partial charge in [0.1, 0.15) is 5.82 Å². The number of rotatable bonds is 8. The van der Waals surface area contributed by atoms with Crippen LogP contribution >= 0.6 is 0 Å². The van der Waals surface area contributed by atoms with Crippen LogP contribution in [0, 0.1) is 11.7 Å². The van der Waals surface area contributed by atoms with Gasteiger partial charge < -0.3 is 16.0 Å². The van der Waals surface area contributed by atoms with Crippen molar-refractivity contribution >= 4 is 17.6 Å². The van der Waals surface area contributed by atoms with Gasteiger partial charge in [-0.05, 0) is 48.2 Å². The molecule has 0 spiro atoms. The summed E-state index contributed by atoms with van der Waals surface area (Å²) in [6.07, 6.45) is 0.500. The topological polar surface area (TPSA) is 65.5 Å². The molecule has 0 radical (unpaired) electrons. The minimum atomic E-state index is -0.262. The second kappa shape index (κ2) is 11.1. The first kappa shape index (κ1) is 21.4. The van der Waals surface area contributed by atoms with Gasteiger partial charge in [0.25, 0.3) is 0 Å². The second-order valence-corrected chi connectivity index (χ2v) is 7.03. The van der Waals surface area contributed by atoms with E-state index in [4.69, 9.17) is 0 Å². The summed E-state index contributed by atoms with van der Waals surface area (Å²) < 4.78 is 13.3. The Hall–Kier alpha value is -2.89. The monoisotopic (exact) mass is 384 g/mol. The summed E-state index contributed by atoms with van der Waals surface area (Å²) in [6.45, 7) is 7.70. The molecule has 0 unspecified atom stereocenters. The average Bonchev–Trinajstić information content (AvgIpc) is 2.63. The first-order valence-electron chi connectivity index (χ1n) is 9.61. The normalized spacial score (nSPS) is 11.4. The summed E-state index contributed by atoms with van der Waals surface area (Å²) in [5, 5.41) is 9.38. The number of carbonyl (C=O) groups excluding carboxylic acids is 1. The Kier molecular flexibility index (Phi) is 8.46. The summed E-state index contributed by atoms with van der Waals surface area (Å²) >= 11 is 0. The lowest BCUT2D eigenvalue weighted by atomic mass is 10.1. The molecular weight excluding hydrogens is 355 g/mol. The molecule has 1 amide bonds. The fraction of sp³-hybridized carbons (Fsp3) is 0.364. The third-order valence-corrected chi connectivity index (χ3v) is 3.92. The largest absolute Gasteiger partial charge is 0.357 e. The lowest BCUT2D eigenvalue weighted by Gasteiger charge is -2.13. The predicted octanol–water partition coefficient (Wildman–Crippen LogP) is 4.07. The minimum absolute atomic E-state index is 0.0186. The van der Waals surface area contributed by atoms with E-state index < -0.39 is 0 Å². The molecule has 2 aromatic carbocycles. The Labute approximate surface area is 166 Å². The van der Waals surface area contributed by atoms with Crippen molar-refractivity contribution in [2.24, 2.45) is 10.9 Å². The van der Waals surface area contributed by atoms with Gasteiger partial charge in [-0.2, -0.15) is 0 Å². The van der Waals surface area contributed by atoms with E-state index in [0.717, 1.165) is 23.4 Å². The number of aliphatic imine (C=N–C) groups is 1. The molecule has 2 aromatic rings. The van der Waals surface area contributed by atoms with Gasteiger partial charge in [0.2, 0.25) is 5.91 Å². The molecule has 0 saturated carbocycles. The summed E-state index contributed by atoms with van der Waals surface area (Å²) in [5.41, 5.74) is 2.62. The zero-order valence-electron chi connectivity index (χ0n) is 16.8. The fourth-order valence-corrected chi connectivity index (χ4v) is 2.68. The van der Waals surface area contributed by atoms with Crippen LogP contribution in [0.5, 0.6) is 0 Å². The van der Waals surface area contributed by atoms with Crippen molar-refractivity contribution in [3.63, 3.8) is 0 Å². The fourth-order valence-electron chi connectivity index (χ4n) is 2.68. The van der Waals surface area contributed by atoms with Gasteiger partial charge in [0, 0.05) is 25.2 Å². The molecule has 0 bridgehead atoms. The van der Waals surface area contributed by atoms with E-state index in [1.54, 1.807) is 6.07 Å². The van der Waals surface area contributed by atoms with Crippen LogP contribution in [0.3, 0.4) is 0 Å². The third kappa shape index (κ3) is 7.78. The first-order valence-corrected chi connectivity index (χ1v) is 9.61. The maximum Gasteiger partial charge on any atom is 0.224 e. The van der Waals surface area contributed by atoms with Crippen LogP contribution < -0.4 is 16.0 Å². The van der Waals surface area contributed by atoms with Crippen molar-refractivity contribution in [3.8, 4) is 0 Å². The van der Waals surface area contributed by atoms with Crippen molar-refractivity contribution in [2.75, 3.05) is 11.9 Å². The third-order valence-electron chi connectivity index (χ3n) is 3.92. The SMILES string of the molecule is CCNC(=NCc1cccc(F)c1)NCc1cccc(NC(=O)CC(C)C)c1. The molecule has 0 atom stereocenters. The summed E-state index contributed by atoms with van der Waals surface area (Å²) in [6, 6.07) is 14.2. The van der Waals surface area contributed by atoms with Crippen LogP contribution in [0.2, 0.25) is 0 Å². The Bertz CT molecular complexity index is 805. The van der Waals surface area contributed by atoms with Gasteiger partial charge in [-0.15, -0.1) is 0 Å². The van der Waals surface area contributed by atoms with Gasteiger partial charge in [0.15, 0.2) is 5.96 Å². The van der Waals surface area contributed by atoms with E-state index in [2.05, 4.69) is 20.9 Å². The van der Waals surface area contributed by atoms with Gasteiger partial charge in [0.05, 0.1) is 6.54 Å². The van der Waals surface area contributed by atoms with Crippen molar-refractivity contribution in [3.05, 3.63) is 65.5 Å². The standard InChI is InChI=1S/C22H29FN4O/c1-4-24-22(25-14-17-7-5-9-19(23)12-17)26-15-18-8-6-10-20(13-18)27-21(28)11-16(2)3/h5-10,12-13,16H,4,11,14-15H2,1-3H3,(H,27,28)(H2,24,25,26). The minimum Gasteiger partial charge on any atom is -0.357 e. The van der Waals surface area contributed by atoms with E-state index in [1.807, 2.05) is 51.1 Å². The van der Waals surface area contributed by atoms with E-state index in [1.165, 1.54) is 12.1 Å². The number of hydrogen-bond acceptors (Lipinski definition) is 2. The van der Waals surface area contributed by atoms with Crippen molar-refractivity contribution in [1.82, 2.24) is 10.6 Å². The highest BCUT2D eigenvalue weighted by Gasteiger charge is 2.06. The number of guanidine groups is 1. The van der Waals surface area contributed by atoms with Gasteiger partial charge in [-0.25, -0.2) is 9.38 Å². The number of carbonyl (C=O) groups is 1. The summed E-state index contributed by atoms with van der Waals surface area (Å²) in [4.78, 5) is 16.4. The molecule has 0 heterocycles. The molecule has 150 valence electrons. The Morgan fingerprint density at radius 1 is 1.07 bits per heavy atom. The molecule has 0 aliphatic rings. The number of nitrogens with one attached hydrogen (secondary N) is 3. The van der Waals surface area contributed by atoms with Crippen molar-refractivity contribution in [1.29, 1.82) is 0 Å². The van der Waals surface area contributed by atoms with Gasteiger partial charge >= 0.3 is 0 Å². The number of anilines is 1. The molecule has 0 aromatic heterocycles. The highest BCUT2D eigenvalue weighted by molar-refractivity contribution is 5.90. The van der Waals surface area contributed by atoms with Crippen molar-refractivity contribution in [2.45, 2.75) is 40.3 Å². The second-order valence-electron chi connectivity index (χ2n) is 7.03. The highest BCUT2D eigenvalue weighted by Crippen LogP contribution is 2.12. The number of nitrogens with zero attached hydrogens (tertiary/aromatic N) is 1. The van der Waals surface area contributed by atoms with E-state index in [-0.39, 0.29) is 11.7 Å². The number of amides is 1. The number of benzene rings is 2. The lowest BCUT2D eigenvalue weighted by molar-refractivity contribution is -0.116. The molecule has 5 nitrogen and oxygen atoms in total. The van der Waals surface area contributed by atoms with Gasteiger partial charge in [-0.3, -0.25) is 4.79 Å². The van der Waals surface area contributed by atoms with Gasteiger partial charge in [-0.1, -0.05) is 38.1 Å². The molecule has 2 rings (SSSR count). The van der Waals surface area contributed by atoms with E-state index >= 15 is 0 Å². The molecule has 0 fully saturated rings.